The molecule has 108 valence electrons. The summed E-state index contributed by atoms with van der Waals surface area (Å²) in [4.78, 5) is 0. The van der Waals surface area contributed by atoms with Crippen LogP contribution in [0, 0.1) is 11.3 Å². The largest absolute Gasteiger partial charge is 0.491 e. The average Bonchev–Trinajstić information content (AvgIpc) is 2.96. The average molecular weight is 285 g/mol. The Bertz CT molecular complexity index is 507. The van der Waals surface area contributed by atoms with Gasteiger partial charge in [-0.2, -0.15) is 0 Å². The molecule has 4 nitrogen and oxygen atoms in total. The minimum absolute atomic E-state index is 0.0802. The van der Waals surface area contributed by atoms with Gasteiger partial charge in [-0.25, -0.2) is 8.42 Å². The van der Waals surface area contributed by atoms with E-state index in [9.17, 15) is 8.42 Å². The van der Waals surface area contributed by atoms with E-state index in [1.807, 2.05) is 6.08 Å². The Morgan fingerprint density at radius 1 is 1.32 bits per heavy atom. The fraction of sp³-hybridized carbons (Fsp3) is 0.714. The van der Waals surface area contributed by atoms with Gasteiger partial charge in [0.05, 0.1) is 12.4 Å². The summed E-state index contributed by atoms with van der Waals surface area (Å²) in [5.41, 5.74) is 0.803. The van der Waals surface area contributed by atoms with Gasteiger partial charge in [-0.15, -0.1) is 0 Å². The second-order valence-corrected chi connectivity index (χ2v) is 8.36. The molecule has 1 saturated carbocycles. The molecule has 0 aromatic heterocycles. The predicted molar refractivity (Wildman–Crippen MR) is 75.8 cm³/mol. The summed E-state index contributed by atoms with van der Waals surface area (Å²) >= 11 is 0. The van der Waals surface area contributed by atoms with Gasteiger partial charge < -0.3 is 4.74 Å². The van der Waals surface area contributed by atoms with Crippen molar-refractivity contribution in [2.75, 3.05) is 6.26 Å². The molecular formula is C14H23NO3S. The Balaban J connectivity index is 2.18. The highest BCUT2D eigenvalue weighted by atomic mass is 32.2. The van der Waals surface area contributed by atoms with Gasteiger partial charge in [0.1, 0.15) is 5.76 Å². The van der Waals surface area contributed by atoms with Gasteiger partial charge in [0.2, 0.25) is 10.0 Å². The minimum Gasteiger partial charge on any atom is -0.491 e. The summed E-state index contributed by atoms with van der Waals surface area (Å²) in [6.07, 6.45) is 8.35. The maximum absolute atomic E-state index is 11.4. The van der Waals surface area contributed by atoms with Crippen LogP contribution in [0.15, 0.2) is 23.6 Å². The SMILES string of the molecule is CC(C)(C)C1C=C(OC2CC2)C=C(NS(C)(=O)=O)C1. The van der Waals surface area contributed by atoms with E-state index in [0.29, 0.717) is 12.5 Å². The number of hydrogen-bond acceptors (Lipinski definition) is 3. The number of allylic oxidation sites excluding steroid dienone is 3. The van der Waals surface area contributed by atoms with Crippen LogP contribution < -0.4 is 4.72 Å². The molecule has 1 N–H and O–H groups in total. The molecule has 1 fully saturated rings. The second kappa shape index (κ2) is 4.85. The van der Waals surface area contributed by atoms with E-state index in [-0.39, 0.29) is 11.3 Å². The first-order valence-electron chi connectivity index (χ1n) is 6.70. The lowest BCUT2D eigenvalue weighted by atomic mass is 9.76. The highest BCUT2D eigenvalue weighted by Crippen LogP contribution is 2.37. The molecule has 0 radical (unpaired) electrons. The molecule has 2 aliphatic carbocycles. The van der Waals surface area contributed by atoms with Crippen LogP contribution in [-0.2, 0) is 14.8 Å². The van der Waals surface area contributed by atoms with E-state index >= 15 is 0 Å². The summed E-state index contributed by atoms with van der Waals surface area (Å²) in [6, 6.07) is 0. The predicted octanol–water partition coefficient (Wildman–Crippen LogP) is 2.55. The Morgan fingerprint density at radius 2 is 1.95 bits per heavy atom. The summed E-state index contributed by atoms with van der Waals surface area (Å²) in [5.74, 6) is 1.08. The van der Waals surface area contributed by atoms with Crippen LogP contribution in [0.3, 0.4) is 0 Å². The van der Waals surface area contributed by atoms with E-state index in [4.69, 9.17) is 4.74 Å². The van der Waals surface area contributed by atoms with Crippen LogP contribution in [0.4, 0.5) is 0 Å². The lowest BCUT2D eigenvalue weighted by molar-refractivity contribution is 0.194. The number of sulfonamides is 1. The number of nitrogens with one attached hydrogen (secondary N) is 1. The first-order chi connectivity index (χ1) is 8.63. The molecule has 0 heterocycles. The monoisotopic (exact) mass is 285 g/mol. The third kappa shape index (κ3) is 4.56. The van der Waals surface area contributed by atoms with Gasteiger partial charge in [0, 0.05) is 5.70 Å². The smallest absolute Gasteiger partial charge is 0.229 e. The van der Waals surface area contributed by atoms with Gasteiger partial charge in [-0.3, -0.25) is 4.72 Å². The summed E-state index contributed by atoms with van der Waals surface area (Å²) in [7, 11) is -3.23. The molecule has 0 bridgehead atoms. The van der Waals surface area contributed by atoms with Crippen LogP contribution in [0.25, 0.3) is 0 Å². The van der Waals surface area contributed by atoms with Crippen molar-refractivity contribution in [2.24, 2.45) is 11.3 Å². The Labute approximate surface area is 116 Å². The third-order valence-electron chi connectivity index (χ3n) is 3.38. The molecule has 1 atom stereocenters. The zero-order valence-electron chi connectivity index (χ0n) is 12.1. The molecule has 0 spiro atoms. The van der Waals surface area contributed by atoms with Gasteiger partial charge in [0.15, 0.2) is 0 Å². The minimum atomic E-state index is -3.23. The maximum atomic E-state index is 11.4. The number of ether oxygens (including phenoxy) is 1. The number of hydrogen-bond donors (Lipinski definition) is 1. The van der Waals surface area contributed by atoms with Gasteiger partial charge in [-0.1, -0.05) is 20.8 Å². The van der Waals surface area contributed by atoms with Crippen molar-refractivity contribution in [3.63, 3.8) is 0 Å². The molecule has 0 aliphatic heterocycles. The van der Waals surface area contributed by atoms with Crippen molar-refractivity contribution in [3.05, 3.63) is 23.6 Å². The lowest BCUT2D eigenvalue weighted by Crippen LogP contribution is -2.29. The lowest BCUT2D eigenvalue weighted by Gasteiger charge is -2.32. The molecule has 1 unspecified atom stereocenters. The van der Waals surface area contributed by atoms with E-state index in [0.717, 1.165) is 24.3 Å². The zero-order valence-corrected chi connectivity index (χ0v) is 12.9. The molecule has 0 aromatic carbocycles. The van der Waals surface area contributed by atoms with Gasteiger partial charge in [-0.05, 0) is 42.7 Å². The fourth-order valence-electron chi connectivity index (χ4n) is 2.09. The van der Waals surface area contributed by atoms with Crippen molar-refractivity contribution in [3.8, 4) is 0 Å². The molecule has 2 aliphatic rings. The first-order valence-corrected chi connectivity index (χ1v) is 8.59. The molecule has 0 saturated heterocycles. The molecule has 0 aromatic rings. The van der Waals surface area contributed by atoms with E-state index < -0.39 is 10.0 Å². The van der Waals surface area contributed by atoms with Crippen molar-refractivity contribution >= 4 is 10.0 Å². The zero-order chi connectivity index (χ0) is 14.3. The third-order valence-corrected chi connectivity index (χ3v) is 4.01. The summed E-state index contributed by atoms with van der Waals surface area (Å²) in [6.45, 7) is 6.48. The highest BCUT2D eigenvalue weighted by Gasteiger charge is 2.30. The second-order valence-electron chi connectivity index (χ2n) is 6.61. The van der Waals surface area contributed by atoms with Crippen molar-refractivity contribution < 1.29 is 13.2 Å². The van der Waals surface area contributed by atoms with Crippen molar-refractivity contribution in [1.29, 1.82) is 0 Å². The molecule has 0 amide bonds. The highest BCUT2D eigenvalue weighted by molar-refractivity contribution is 7.88. The van der Waals surface area contributed by atoms with Crippen molar-refractivity contribution in [1.82, 2.24) is 4.72 Å². The van der Waals surface area contributed by atoms with Gasteiger partial charge in [0.25, 0.3) is 0 Å². The van der Waals surface area contributed by atoms with Crippen molar-refractivity contribution in [2.45, 2.75) is 46.1 Å². The molecule has 2 rings (SSSR count). The van der Waals surface area contributed by atoms with Crippen LogP contribution in [0.2, 0.25) is 0 Å². The topological polar surface area (TPSA) is 55.4 Å². The maximum Gasteiger partial charge on any atom is 0.229 e. The summed E-state index contributed by atoms with van der Waals surface area (Å²) in [5, 5.41) is 0. The molecule has 19 heavy (non-hydrogen) atoms. The van der Waals surface area contributed by atoms with Crippen LogP contribution in [0.1, 0.15) is 40.0 Å². The quantitative estimate of drug-likeness (QED) is 0.863. The Kier molecular flexibility index (Phi) is 3.69. The van der Waals surface area contributed by atoms with E-state index in [1.54, 1.807) is 0 Å². The normalized spacial score (nSPS) is 24.5. The van der Waals surface area contributed by atoms with Crippen LogP contribution in [-0.4, -0.2) is 20.8 Å². The molecule has 5 heteroatoms. The fourth-order valence-corrected chi connectivity index (χ4v) is 2.71. The standard InChI is InChI=1S/C14H23NO3S/c1-14(2,3)10-7-11(15-19(4,16)17)9-13(8-10)18-12-5-6-12/h8-10,12,15H,5-7H2,1-4H3. The van der Waals surface area contributed by atoms with E-state index in [1.165, 1.54) is 6.26 Å². The van der Waals surface area contributed by atoms with Crippen LogP contribution in [0.5, 0.6) is 0 Å². The van der Waals surface area contributed by atoms with Gasteiger partial charge >= 0.3 is 0 Å². The van der Waals surface area contributed by atoms with Crippen LogP contribution >= 0.6 is 0 Å². The Morgan fingerprint density at radius 3 is 2.42 bits per heavy atom. The summed E-state index contributed by atoms with van der Waals surface area (Å²) < 4.78 is 31.2. The Hall–Kier alpha value is -0.970. The molecular weight excluding hydrogens is 262 g/mol. The first kappa shape index (κ1) is 14.4. The van der Waals surface area contributed by atoms with E-state index in [2.05, 4.69) is 31.6 Å². The number of rotatable bonds is 4.